The summed E-state index contributed by atoms with van der Waals surface area (Å²) in [6.45, 7) is 1.58. The molecular weight excluding hydrogens is 286 g/mol. The normalized spacial score (nSPS) is 17.1. The first-order chi connectivity index (χ1) is 10.6. The lowest BCUT2D eigenvalue weighted by Gasteiger charge is -2.15. The van der Waals surface area contributed by atoms with Crippen LogP contribution in [0.1, 0.15) is 12.5 Å². The zero-order valence-electron chi connectivity index (χ0n) is 12.4. The molecule has 1 aliphatic heterocycles. The molecule has 6 heteroatoms. The van der Waals surface area contributed by atoms with Crippen LogP contribution >= 0.6 is 0 Å². The van der Waals surface area contributed by atoms with Crippen molar-refractivity contribution in [2.75, 3.05) is 13.7 Å². The predicted octanol–water partition coefficient (Wildman–Crippen LogP) is 1.68. The van der Waals surface area contributed by atoms with E-state index in [-0.39, 0.29) is 12.4 Å². The second kappa shape index (κ2) is 7.51. The van der Waals surface area contributed by atoms with Crippen molar-refractivity contribution < 1.29 is 23.8 Å². The Balaban J connectivity index is 1.85. The second-order valence-electron chi connectivity index (χ2n) is 4.68. The summed E-state index contributed by atoms with van der Waals surface area (Å²) < 4.78 is 15.4. The number of ether oxygens (including phenoxy) is 3. The summed E-state index contributed by atoms with van der Waals surface area (Å²) in [6, 6.07) is 7.38. The number of methoxy groups -OCH3 is 1. The molecule has 0 saturated heterocycles. The van der Waals surface area contributed by atoms with E-state index >= 15 is 0 Å². The highest BCUT2D eigenvalue weighted by molar-refractivity contribution is 6.07. The highest BCUT2D eigenvalue weighted by Gasteiger charge is 2.20. The Hall–Kier alpha value is -2.47. The summed E-state index contributed by atoms with van der Waals surface area (Å²) in [5.74, 6) is 0.129. The third kappa shape index (κ3) is 4.53. The molecule has 116 valence electrons. The van der Waals surface area contributed by atoms with Crippen LogP contribution in [0.5, 0.6) is 5.75 Å². The molecule has 2 rings (SSSR count). The smallest absolute Gasteiger partial charge is 0.303 e. The SMILES string of the molecule is COc1ccc(COC2C=NC(COC(C)=O)=CC2=O)cc1. The van der Waals surface area contributed by atoms with Gasteiger partial charge in [-0.15, -0.1) is 0 Å². The number of esters is 1. The number of hydrogen-bond donors (Lipinski definition) is 0. The van der Waals surface area contributed by atoms with Crippen molar-refractivity contribution in [3.05, 3.63) is 41.6 Å². The van der Waals surface area contributed by atoms with E-state index in [0.29, 0.717) is 12.3 Å². The Bertz CT molecular complexity index is 603. The van der Waals surface area contributed by atoms with Gasteiger partial charge < -0.3 is 14.2 Å². The summed E-state index contributed by atoms with van der Waals surface area (Å²) >= 11 is 0. The average molecular weight is 303 g/mol. The predicted molar refractivity (Wildman–Crippen MR) is 79.8 cm³/mol. The Kier molecular flexibility index (Phi) is 5.43. The van der Waals surface area contributed by atoms with Gasteiger partial charge in [0.1, 0.15) is 12.4 Å². The fourth-order valence-electron chi connectivity index (χ4n) is 1.81. The molecule has 0 radical (unpaired) electrons. The highest BCUT2D eigenvalue weighted by atomic mass is 16.5. The van der Waals surface area contributed by atoms with Crippen molar-refractivity contribution in [2.45, 2.75) is 19.6 Å². The zero-order valence-corrected chi connectivity index (χ0v) is 12.4. The minimum Gasteiger partial charge on any atom is -0.497 e. The highest BCUT2D eigenvalue weighted by Crippen LogP contribution is 2.14. The van der Waals surface area contributed by atoms with Gasteiger partial charge in [-0.2, -0.15) is 0 Å². The number of benzene rings is 1. The van der Waals surface area contributed by atoms with E-state index in [9.17, 15) is 9.59 Å². The maximum absolute atomic E-state index is 11.9. The van der Waals surface area contributed by atoms with Crippen molar-refractivity contribution in [3.8, 4) is 5.75 Å². The molecule has 1 aliphatic rings. The number of ketones is 1. The molecule has 0 aliphatic carbocycles. The molecule has 0 saturated carbocycles. The van der Waals surface area contributed by atoms with E-state index in [1.807, 2.05) is 24.3 Å². The number of aliphatic imine (C=N–C) groups is 1. The van der Waals surface area contributed by atoms with Gasteiger partial charge in [0.15, 0.2) is 11.9 Å². The second-order valence-corrected chi connectivity index (χ2v) is 4.68. The maximum atomic E-state index is 11.9. The minimum atomic E-state index is -0.719. The van der Waals surface area contributed by atoms with Crippen LogP contribution in [-0.2, 0) is 25.7 Å². The molecule has 0 aromatic heterocycles. The molecule has 1 unspecified atom stereocenters. The van der Waals surface area contributed by atoms with Crippen molar-refractivity contribution in [1.82, 2.24) is 0 Å². The van der Waals surface area contributed by atoms with Crippen LogP contribution in [0.2, 0.25) is 0 Å². The number of carbonyl (C=O) groups excluding carboxylic acids is 2. The molecule has 0 amide bonds. The summed E-state index contributed by atoms with van der Waals surface area (Å²) in [4.78, 5) is 26.7. The largest absolute Gasteiger partial charge is 0.497 e. The van der Waals surface area contributed by atoms with Crippen LogP contribution in [0, 0.1) is 0 Å². The lowest BCUT2D eigenvalue weighted by Crippen LogP contribution is -2.27. The van der Waals surface area contributed by atoms with E-state index in [2.05, 4.69) is 4.99 Å². The number of nitrogens with zero attached hydrogens (tertiary/aromatic N) is 1. The summed E-state index contributed by atoms with van der Waals surface area (Å²) in [5, 5.41) is 0. The number of carbonyl (C=O) groups is 2. The maximum Gasteiger partial charge on any atom is 0.303 e. The van der Waals surface area contributed by atoms with Gasteiger partial charge in [-0.25, -0.2) is 0 Å². The van der Waals surface area contributed by atoms with Gasteiger partial charge in [0.2, 0.25) is 0 Å². The lowest BCUT2D eigenvalue weighted by atomic mass is 10.1. The quantitative estimate of drug-likeness (QED) is 0.748. The van der Waals surface area contributed by atoms with Crippen molar-refractivity contribution in [2.24, 2.45) is 4.99 Å². The lowest BCUT2D eigenvalue weighted by molar-refractivity contribution is -0.140. The number of hydrogen-bond acceptors (Lipinski definition) is 6. The molecule has 0 spiro atoms. The van der Waals surface area contributed by atoms with Crippen LogP contribution in [0.4, 0.5) is 0 Å². The first-order valence-corrected chi connectivity index (χ1v) is 6.75. The van der Waals surface area contributed by atoms with Crippen LogP contribution in [0.3, 0.4) is 0 Å². The van der Waals surface area contributed by atoms with Gasteiger partial charge in [-0.3, -0.25) is 14.6 Å². The molecule has 0 fully saturated rings. The van der Waals surface area contributed by atoms with Gasteiger partial charge in [0.05, 0.1) is 19.4 Å². The Morgan fingerprint density at radius 3 is 2.55 bits per heavy atom. The van der Waals surface area contributed by atoms with Crippen LogP contribution in [0.15, 0.2) is 41.0 Å². The minimum absolute atomic E-state index is 0.0111. The third-order valence-corrected chi connectivity index (χ3v) is 2.98. The van der Waals surface area contributed by atoms with Gasteiger partial charge >= 0.3 is 5.97 Å². The average Bonchev–Trinajstić information content (AvgIpc) is 2.52. The van der Waals surface area contributed by atoms with Crippen LogP contribution < -0.4 is 4.74 Å². The molecule has 1 aromatic rings. The van der Waals surface area contributed by atoms with Crippen molar-refractivity contribution in [3.63, 3.8) is 0 Å². The van der Waals surface area contributed by atoms with E-state index in [1.54, 1.807) is 7.11 Å². The van der Waals surface area contributed by atoms with E-state index in [4.69, 9.17) is 14.2 Å². The molecule has 1 heterocycles. The molecule has 0 N–H and O–H groups in total. The molecule has 1 aromatic carbocycles. The third-order valence-electron chi connectivity index (χ3n) is 2.98. The summed E-state index contributed by atoms with van der Waals surface area (Å²) in [6.07, 6.45) is 2.04. The van der Waals surface area contributed by atoms with Gasteiger partial charge in [-0.05, 0) is 17.7 Å². The van der Waals surface area contributed by atoms with Gasteiger partial charge in [0.25, 0.3) is 0 Å². The van der Waals surface area contributed by atoms with Crippen molar-refractivity contribution >= 4 is 18.0 Å². The first kappa shape index (κ1) is 15.9. The van der Waals surface area contributed by atoms with Crippen molar-refractivity contribution in [1.29, 1.82) is 0 Å². The zero-order chi connectivity index (χ0) is 15.9. The Morgan fingerprint density at radius 1 is 1.23 bits per heavy atom. The topological polar surface area (TPSA) is 74.2 Å². The molecule has 0 bridgehead atoms. The summed E-state index contributed by atoms with van der Waals surface area (Å²) in [7, 11) is 1.60. The van der Waals surface area contributed by atoms with E-state index < -0.39 is 12.1 Å². The fraction of sp³-hybridized carbons (Fsp3) is 0.312. The molecule has 1 atom stereocenters. The number of rotatable bonds is 6. The van der Waals surface area contributed by atoms with E-state index in [1.165, 1.54) is 19.2 Å². The van der Waals surface area contributed by atoms with E-state index in [0.717, 1.165) is 11.3 Å². The molecule has 22 heavy (non-hydrogen) atoms. The first-order valence-electron chi connectivity index (χ1n) is 6.75. The Labute approximate surface area is 128 Å². The fourth-order valence-corrected chi connectivity index (χ4v) is 1.81. The summed E-state index contributed by atoms with van der Waals surface area (Å²) in [5.41, 5.74) is 1.33. The van der Waals surface area contributed by atoms with Gasteiger partial charge in [0, 0.05) is 19.2 Å². The molecule has 6 nitrogen and oxygen atoms in total. The Morgan fingerprint density at radius 2 is 1.95 bits per heavy atom. The van der Waals surface area contributed by atoms with Gasteiger partial charge in [-0.1, -0.05) is 12.1 Å². The monoisotopic (exact) mass is 303 g/mol. The van der Waals surface area contributed by atoms with Crippen LogP contribution in [-0.4, -0.2) is 37.8 Å². The van der Waals surface area contributed by atoms with Crippen LogP contribution in [0.25, 0.3) is 0 Å². The molecular formula is C16H17NO5. The standard InChI is InChI=1S/C16H17NO5/c1-11(18)21-10-13-7-15(19)16(8-17-13)22-9-12-3-5-14(20-2)6-4-12/h3-8,16H,9-10H2,1-2H3.